The topological polar surface area (TPSA) is 128 Å². The fraction of sp³-hybridized carbons (Fsp3) is 0.130. The van der Waals surface area contributed by atoms with Gasteiger partial charge >= 0.3 is 6.09 Å². The number of rotatable bonds is 7. The van der Waals surface area contributed by atoms with Gasteiger partial charge in [-0.05, 0) is 41.5 Å². The van der Waals surface area contributed by atoms with E-state index in [1.165, 1.54) is 18.2 Å². The molecule has 0 saturated carbocycles. The molecular weight excluding hydrogens is 430 g/mol. The monoisotopic (exact) mass is 453 g/mol. The van der Waals surface area contributed by atoms with Gasteiger partial charge in [-0.25, -0.2) is 13.2 Å². The molecule has 0 aliphatic heterocycles. The third kappa shape index (κ3) is 6.40. The summed E-state index contributed by atoms with van der Waals surface area (Å²) in [6, 6.07) is 20.0. The molecule has 0 saturated heterocycles. The minimum Gasteiger partial charge on any atom is -0.444 e. The normalized spacial score (nSPS) is 10.9. The zero-order valence-electron chi connectivity index (χ0n) is 17.4. The molecule has 0 atom stereocenters. The number of carbonyl (C=O) groups excluding carboxylic acids is 2. The highest BCUT2D eigenvalue weighted by molar-refractivity contribution is 7.90. The molecule has 8 nitrogen and oxygen atoms in total. The lowest BCUT2D eigenvalue weighted by molar-refractivity contribution is 0.102. The Morgan fingerprint density at radius 3 is 2.28 bits per heavy atom. The Balaban J connectivity index is 1.79. The van der Waals surface area contributed by atoms with Gasteiger partial charge in [0.1, 0.15) is 6.61 Å². The zero-order valence-corrected chi connectivity index (χ0v) is 18.2. The molecular formula is C23H23N3O5S. The van der Waals surface area contributed by atoms with Crippen LogP contribution in [0.1, 0.15) is 21.5 Å². The number of hydrogen-bond acceptors (Lipinski definition) is 6. The second-order valence-corrected chi connectivity index (χ2v) is 9.08. The predicted molar refractivity (Wildman–Crippen MR) is 122 cm³/mol. The molecule has 166 valence electrons. The fourth-order valence-electron chi connectivity index (χ4n) is 2.87. The second kappa shape index (κ2) is 10.1. The maximum absolute atomic E-state index is 12.8. The number of nitrogens with two attached hydrogens (primary N) is 1. The predicted octanol–water partition coefficient (Wildman–Crippen LogP) is 3.55. The van der Waals surface area contributed by atoms with Crippen LogP contribution in [-0.4, -0.2) is 26.7 Å². The van der Waals surface area contributed by atoms with E-state index in [4.69, 9.17) is 10.5 Å². The fourth-order valence-corrected chi connectivity index (χ4v) is 3.55. The van der Waals surface area contributed by atoms with Crippen molar-refractivity contribution in [2.45, 2.75) is 18.0 Å². The number of hydrogen-bond donors (Lipinski definition) is 3. The van der Waals surface area contributed by atoms with Gasteiger partial charge in [-0.15, -0.1) is 0 Å². The Morgan fingerprint density at radius 1 is 0.875 bits per heavy atom. The molecule has 3 aromatic carbocycles. The van der Waals surface area contributed by atoms with Crippen molar-refractivity contribution in [1.82, 2.24) is 0 Å². The lowest BCUT2D eigenvalue weighted by Crippen LogP contribution is -2.17. The van der Waals surface area contributed by atoms with E-state index in [0.29, 0.717) is 12.2 Å². The third-order valence-corrected chi connectivity index (χ3v) is 5.57. The minimum absolute atomic E-state index is 0.0449. The maximum Gasteiger partial charge on any atom is 0.411 e. The van der Waals surface area contributed by atoms with Crippen LogP contribution in [0.15, 0.2) is 77.7 Å². The summed E-state index contributed by atoms with van der Waals surface area (Å²) in [6.45, 7) is 0.357. The van der Waals surface area contributed by atoms with Crippen molar-refractivity contribution in [2.75, 3.05) is 16.9 Å². The molecule has 3 aromatic rings. The van der Waals surface area contributed by atoms with Crippen molar-refractivity contribution >= 4 is 33.2 Å². The summed E-state index contributed by atoms with van der Waals surface area (Å²) in [5, 5.41) is 5.19. The summed E-state index contributed by atoms with van der Waals surface area (Å²) in [4.78, 5) is 24.8. The minimum atomic E-state index is -3.64. The van der Waals surface area contributed by atoms with Crippen molar-refractivity contribution in [3.8, 4) is 0 Å². The first kappa shape index (κ1) is 23.0. The van der Waals surface area contributed by atoms with Gasteiger partial charge < -0.3 is 15.8 Å². The highest BCUT2D eigenvalue weighted by Crippen LogP contribution is 2.21. The first-order chi connectivity index (χ1) is 15.2. The van der Waals surface area contributed by atoms with E-state index in [2.05, 4.69) is 10.6 Å². The van der Waals surface area contributed by atoms with E-state index in [9.17, 15) is 18.0 Å². The van der Waals surface area contributed by atoms with E-state index < -0.39 is 21.8 Å². The number of amides is 2. The van der Waals surface area contributed by atoms with E-state index >= 15 is 0 Å². The number of benzene rings is 3. The largest absolute Gasteiger partial charge is 0.444 e. The molecule has 0 radical (unpaired) electrons. The average Bonchev–Trinajstić information content (AvgIpc) is 2.77. The van der Waals surface area contributed by atoms with Gasteiger partial charge in [-0.2, -0.15) is 0 Å². The highest BCUT2D eigenvalue weighted by atomic mass is 32.2. The van der Waals surface area contributed by atoms with Gasteiger partial charge in [0, 0.05) is 29.7 Å². The molecule has 0 fully saturated rings. The smallest absolute Gasteiger partial charge is 0.411 e. The average molecular weight is 454 g/mol. The molecule has 0 aromatic heterocycles. The van der Waals surface area contributed by atoms with E-state index in [0.717, 1.165) is 17.4 Å². The van der Waals surface area contributed by atoms with E-state index in [-0.39, 0.29) is 22.8 Å². The molecule has 0 aliphatic rings. The van der Waals surface area contributed by atoms with Crippen LogP contribution in [0, 0.1) is 0 Å². The van der Waals surface area contributed by atoms with Gasteiger partial charge in [0.05, 0.1) is 4.90 Å². The lowest BCUT2D eigenvalue weighted by Gasteiger charge is -2.12. The molecule has 0 spiro atoms. The van der Waals surface area contributed by atoms with Crippen molar-refractivity contribution in [2.24, 2.45) is 5.73 Å². The van der Waals surface area contributed by atoms with Crippen molar-refractivity contribution < 1.29 is 22.7 Å². The summed E-state index contributed by atoms with van der Waals surface area (Å²) < 4.78 is 29.4. The summed E-state index contributed by atoms with van der Waals surface area (Å²) in [5.41, 5.74) is 7.94. The first-order valence-corrected chi connectivity index (χ1v) is 11.6. The Bertz CT molecular complexity index is 1230. The van der Waals surface area contributed by atoms with Crippen LogP contribution >= 0.6 is 0 Å². The Hall–Kier alpha value is -3.69. The number of nitrogens with one attached hydrogen (secondary N) is 2. The molecule has 9 heteroatoms. The maximum atomic E-state index is 12.8. The number of sulfone groups is 1. The van der Waals surface area contributed by atoms with Crippen molar-refractivity contribution in [3.63, 3.8) is 0 Å². The van der Waals surface area contributed by atoms with Gasteiger partial charge in [0.25, 0.3) is 5.91 Å². The van der Waals surface area contributed by atoms with Crippen LogP contribution < -0.4 is 16.4 Å². The van der Waals surface area contributed by atoms with E-state index in [1.54, 1.807) is 30.3 Å². The van der Waals surface area contributed by atoms with Gasteiger partial charge in [0.2, 0.25) is 0 Å². The highest BCUT2D eigenvalue weighted by Gasteiger charge is 2.16. The summed E-state index contributed by atoms with van der Waals surface area (Å²) in [7, 11) is -3.64. The Labute approximate surface area is 186 Å². The van der Waals surface area contributed by atoms with Crippen LogP contribution in [0.5, 0.6) is 0 Å². The standard InChI is InChI=1S/C23H23N3O5S/c1-32(29,30)21-12-18(22(27)25-19-9-5-8-17(10-19)14-24)11-20(13-21)26-23(28)31-15-16-6-3-2-4-7-16/h2-13H,14-15,24H2,1H3,(H,25,27)(H,26,28). The zero-order chi connectivity index (χ0) is 23.1. The molecule has 0 aliphatic carbocycles. The van der Waals surface area contributed by atoms with Crippen LogP contribution in [0.4, 0.5) is 16.2 Å². The van der Waals surface area contributed by atoms with Gasteiger partial charge in [-0.3, -0.25) is 10.1 Å². The number of carbonyl (C=O) groups is 2. The van der Waals surface area contributed by atoms with Crippen LogP contribution in [0.2, 0.25) is 0 Å². The van der Waals surface area contributed by atoms with Crippen molar-refractivity contribution in [1.29, 1.82) is 0 Å². The van der Waals surface area contributed by atoms with Crippen LogP contribution in [-0.2, 0) is 27.7 Å². The lowest BCUT2D eigenvalue weighted by atomic mass is 10.1. The third-order valence-electron chi connectivity index (χ3n) is 4.48. The first-order valence-electron chi connectivity index (χ1n) is 9.68. The summed E-state index contributed by atoms with van der Waals surface area (Å²) in [6.07, 6.45) is 0.244. The molecule has 2 amide bonds. The SMILES string of the molecule is CS(=O)(=O)c1cc(NC(=O)OCc2ccccc2)cc(C(=O)Nc2cccc(CN)c2)c1. The number of anilines is 2. The second-order valence-electron chi connectivity index (χ2n) is 7.06. The molecule has 0 bridgehead atoms. The Kier molecular flexibility index (Phi) is 7.24. The van der Waals surface area contributed by atoms with Gasteiger partial charge in [-0.1, -0.05) is 42.5 Å². The van der Waals surface area contributed by atoms with Crippen LogP contribution in [0.25, 0.3) is 0 Å². The molecule has 0 unspecified atom stereocenters. The summed E-state index contributed by atoms with van der Waals surface area (Å²) >= 11 is 0. The number of ether oxygens (including phenoxy) is 1. The molecule has 32 heavy (non-hydrogen) atoms. The molecule has 4 N–H and O–H groups in total. The van der Waals surface area contributed by atoms with E-state index in [1.807, 2.05) is 24.3 Å². The molecule has 0 heterocycles. The van der Waals surface area contributed by atoms with Crippen LogP contribution in [0.3, 0.4) is 0 Å². The van der Waals surface area contributed by atoms with Gasteiger partial charge in [0.15, 0.2) is 9.84 Å². The summed E-state index contributed by atoms with van der Waals surface area (Å²) in [5.74, 6) is -0.537. The quantitative estimate of drug-likeness (QED) is 0.502. The molecule has 3 rings (SSSR count). The van der Waals surface area contributed by atoms with Crippen molar-refractivity contribution in [3.05, 3.63) is 89.5 Å². The Morgan fingerprint density at radius 2 is 1.59 bits per heavy atom.